The molecular formula is C8H11NOS. The van der Waals surface area contributed by atoms with Gasteiger partial charge in [0.25, 0.3) is 0 Å². The minimum atomic E-state index is -0.272. The second-order valence-electron chi connectivity index (χ2n) is 2.19. The number of hydrogen-bond acceptors (Lipinski definition) is 3. The van der Waals surface area contributed by atoms with E-state index >= 15 is 0 Å². The number of benzene rings is 1. The average molecular weight is 169 g/mol. The van der Waals surface area contributed by atoms with Crippen LogP contribution in [0.2, 0.25) is 0 Å². The van der Waals surface area contributed by atoms with E-state index in [1.54, 1.807) is 7.11 Å². The summed E-state index contributed by atoms with van der Waals surface area (Å²) < 4.78 is 5.08. The summed E-state index contributed by atoms with van der Waals surface area (Å²) in [5.74, 6) is 0.787. The van der Waals surface area contributed by atoms with Crippen molar-refractivity contribution in [2.75, 3.05) is 7.11 Å². The highest BCUT2D eigenvalue weighted by Gasteiger charge is 2.05. The zero-order valence-electron chi connectivity index (χ0n) is 6.32. The molecule has 0 spiro atoms. The van der Waals surface area contributed by atoms with Crippen molar-refractivity contribution >= 4 is 12.6 Å². The summed E-state index contributed by atoms with van der Waals surface area (Å²) in [5, 5.41) is -0.272. The molecule has 0 radical (unpaired) electrons. The molecule has 1 unspecified atom stereocenters. The van der Waals surface area contributed by atoms with Gasteiger partial charge in [0.2, 0.25) is 0 Å². The number of rotatable bonds is 2. The number of hydrogen-bond donors (Lipinski definition) is 2. The maximum Gasteiger partial charge on any atom is 0.124 e. The molecule has 1 aromatic rings. The minimum Gasteiger partial charge on any atom is -0.496 e. The molecule has 0 saturated carbocycles. The first-order valence-electron chi connectivity index (χ1n) is 3.32. The lowest BCUT2D eigenvalue weighted by atomic mass is 10.2. The zero-order valence-corrected chi connectivity index (χ0v) is 7.21. The molecule has 0 aliphatic heterocycles. The number of thiol groups is 1. The summed E-state index contributed by atoms with van der Waals surface area (Å²) in [5.41, 5.74) is 6.49. The molecule has 0 amide bonds. The van der Waals surface area contributed by atoms with Gasteiger partial charge in [0.05, 0.1) is 12.5 Å². The van der Waals surface area contributed by atoms with Crippen LogP contribution in [0.4, 0.5) is 0 Å². The van der Waals surface area contributed by atoms with Crippen molar-refractivity contribution in [2.45, 2.75) is 5.37 Å². The topological polar surface area (TPSA) is 35.2 Å². The molecule has 11 heavy (non-hydrogen) atoms. The van der Waals surface area contributed by atoms with Crippen molar-refractivity contribution in [3.05, 3.63) is 29.8 Å². The molecule has 0 heterocycles. The van der Waals surface area contributed by atoms with Crippen LogP contribution in [-0.2, 0) is 0 Å². The first-order chi connectivity index (χ1) is 5.25. The number of para-hydroxylation sites is 1. The second kappa shape index (κ2) is 3.64. The van der Waals surface area contributed by atoms with Gasteiger partial charge in [-0.3, -0.25) is 0 Å². The Morgan fingerprint density at radius 2 is 2.09 bits per heavy atom. The van der Waals surface area contributed by atoms with Crippen LogP contribution in [0.25, 0.3) is 0 Å². The van der Waals surface area contributed by atoms with Crippen molar-refractivity contribution < 1.29 is 4.74 Å². The lowest BCUT2D eigenvalue weighted by Crippen LogP contribution is -2.03. The maximum absolute atomic E-state index is 5.57. The lowest BCUT2D eigenvalue weighted by molar-refractivity contribution is 0.409. The Hall–Kier alpha value is -0.670. The SMILES string of the molecule is COc1ccccc1C(N)S. The quantitative estimate of drug-likeness (QED) is 0.521. The third-order valence-electron chi connectivity index (χ3n) is 1.46. The largest absolute Gasteiger partial charge is 0.496 e. The molecule has 0 fully saturated rings. The van der Waals surface area contributed by atoms with Gasteiger partial charge in [0.1, 0.15) is 5.75 Å². The maximum atomic E-state index is 5.57. The highest BCUT2D eigenvalue weighted by molar-refractivity contribution is 7.80. The highest BCUT2D eigenvalue weighted by atomic mass is 32.1. The molecule has 0 saturated heterocycles. The van der Waals surface area contributed by atoms with Crippen LogP contribution >= 0.6 is 12.6 Å². The van der Waals surface area contributed by atoms with Crippen molar-refractivity contribution in [3.63, 3.8) is 0 Å². The molecule has 3 heteroatoms. The van der Waals surface area contributed by atoms with Gasteiger partial charge in [-0.05, 0) is 6.07 Å². The predicted molar refractivity (Wildman–Crippen MR) is 48.9 cm³/mol. The Bertz CT molecular complexity index is 237. The molecular weight excluding hydrogens is 158 g/mol. The van der Waals surface area contributed by atoms with E-state index in [1.165, 1.54) is 0 Å². The van der Waals surface area contributed by atoms with Crippen LogP contribution in [0.1, 0.15) is 10.9 Å². The fraction of sp³-hybridized carbons (Fsp3) is 0.250. The van der Waals surface area contributed by atoms with Crippen molar-refractivity contribution in [1.29, 1.82) is 0 Å². The van der Waals surface area contributed by atoms with Gasteiger partial charge >= 0.3 is 0 Å². The van der Waals surface area contributed by atoms with E-state index in [0.29, 0.717) is 0 Å². The molecule has 0 aliphatic rings. The molecule has 1 aromatic carbocycles. The van der Waals surface area contributed by atoms with Gasteiger partial charge < -0.3 is 10.5 Å². The Morgan fingerprint density at radius 1 is 1.45 bits per heavy atom. The Labute approximate surface area is 71.8 Å². The van der Waals surface area contributed by atoms with Crippen LogP contribution in [-0.4, -0.2) is 7.11 Å². The summed E-state index contributed by atoms with van der Waals surface area (Å²) in [6.45, 7) is 0. The molecule has 1 atom stereocenters. The van der Waals surface area contributed by atoms with Gasteiger partial charge in [-0.25, -0.2) is 0 Å². The van der Waals surface area contributed by atoms with E-state index in [1.807, 2.05) is 24.3 Å². The van der Waals surface area contributed by atoms with Gasteiger partial charge in [0, 0.05) is 5.56 Å². The van der Waals surface area contributed by atoms with Crippen molar-refractivity contribution in [1.82, 2.24) is 0 Å². The zero-order chi connectivity index (χ0) is 8.27. The minimum absolute atomic E-state index is 0.272. The monoisotopic (exact) mass is 169 g/mol. The molecule has 2 nitrogen and oxygen atoms in total. The Morgan fingerprint density at radius 3 is 2.55 bits per heavy atom. The molecule has 0 bridgehead atoms. The molecule has 0 aromatic heterocycles. The summed E-state index contributed by atoms with van der Waals surface area (Å²) in [6, 6.07) is 7.58. The molecule has 1 rings (SSSR count). The summed E-state index contributed by atoms with van der Waals surface area (Å²) >= 11 is 4.11. The normalized spacial score (nSPS) is 12.6. The molecule has 0 aliphatic carbocycles. The summed E-state index contributed by atoms with van der Waals surface area (Å²) in [4.78, 5) is 0. The van der Waals surface area contributed by atoms with Gasteiger partial charge in [-0.2, -0.15) is 12.6 Å². The van der Waals surface area contributed by atoms with E-state index in [-0.39, 0.29) is 5.37 Å². The average Bonchev–Trinajstić information content (AvgIpc) is 2.04. The van der Waals surface area contributed by atoms with Crippen LogP contribution in [0.5, 0.6) is 5.75 Å². The predicted octanol–water partition coefficient (Wildman–Crippen LogP) is 1.58. The van der Waals surface area contributed by atoms with E-state index in [2.05, 4.69) is 12.6 Å². The van der Waals surface area contributed by atoms with Gasteiger partial charge in [0.15, 0.2) is 0 Å². The van der Waals surface area contributed by atoms with Crippen LogP contribution < -0.4 is 10.5 Å². The first kappa shape index (κ1) is 8.43. The number of methoxy groups -OCH3 is 1. The smallest absolute Gasteiger partial charge is 0.124 e. The highest BCUT2D eigenvalue weighted by Crippen LogP contribution is 2.24. The van der Waals surface area contributed by atoms with Crippen LogP contribution in [0, 0.1) is 0 Å². The van der Waals surface area contributed by atoms with Gasteiger partial charge in [-0.15, -0.1) is 0 Å². The molecule has 2 N–H and O–H groups in total. The third kappa shape index (κ3) is 1.88. The van der Waals surface area contributed by atoms with Crippen LogP contribution in [0.3, 0.4) is 0 Å². The third-order valence-corrected chi connectivity index (χ3v) is 1.74. The fourth-order valence-corrected chi connectivity index (χ4v) is 1.12. The van der Waals surface area contributed by atoms with E-state index in [0.717, 1.165) is 11.3 Å². The first-order valence-corrected chi connectivity index (χ1v) is 3.84. The number of ether oxygens (including phenoxy) is 1. The van der Waals surface area contributed by atoms with Crippen LogP contribution in [0.15, 0.2) is 24.3 Å². The van der Waals surface area contributed by atoms with Gasteiger partial charge in [-0.1, -0.05) is 18.2 Å². The van der Waals surface area contributed by atoms with Crippen molar-refractivity contribution in [2.24, 2.45) is 5.73 Å². The van der Waals surface area contributed by atoms with E-state index < -0.39 is 0 Å². The van der Waals surface area contributed by atoms with E-state index in [4.69, 9.17) is 10.5 Å². The Kier molecular flexibility index (Phi) is 2.79. The summed E-state index contributed by atoms with van der Waals surface area (Å²) in [7, 11) is 1.62. The number of nitrogens with two attached hydrogens (primary N) is 1. The van der Waals surface area contributed by atoms with E-state index in [9.17, 15) is 0 Å². The Balaban J connectivity index is 3.02. The van der Waals surface area contributed by atoms with Crippen molar-refractivity contribution in [3.8, 4) is 5.75 Å². The second-order valence-corrected chi connectivity index (χ2v) is 2.74. The molecule has 60 valence electrons. The fourth-order valence-electron chi connectivity index (χ4n) is 0.911. The lowest BCUT2D eigenvalue weighted by Gasteiger charge is -2.09. The summed E-state index contributed by atoms with van der Waals surface area (Å²) in [6.07, 6.45) is 0. The standard InChI is InChI=1S/C8H11NOS/c1-10-7-5-3-2-4-6(7)8(9)11/h2-5,8,11H,9H2,1H3.